The van der Waals surface area contributed by atoms with Gasteiger partial charge < -0.3 is 0 Å². The van der Waals surface area contributed by atoms with Crippen molar-refractivity contribution in [2.45, 2.75) is 18.6 Å². The van der Waals surface area contributed by atoms with Crippen LogP contribution in [0.5, 0.6) is 0 Å². The third kappa shape index (κ3) is 2.98. The van der Waals surface area contributed by atoms with Gasteiger partial charge in [-0.3, -0.25) is 14.5 Å². The van der Waals surface area contributed by atoms with Crippen LogP contribution in [0, 0.1) is 0 Å². The number of hydroxylamine groups is 2. The Hall–Kier alpha value is -2.43. The molecular weight excluding hydrogens is 300 g/mol. The van der Waals surface area contributed by atoms with Crippen LogP contribution in [0.15, 0.2) is 72.8 Å². The lowest BCUT2D eigenvalue weighted by Crippen LogP contribution is -2.55. The van der Waals surface area contributed by atoms with Crippen LogP contribution < -0.4 is 0 Å². The first-order valence-electron chi connectivity index (χ1n) is 8.28. The molecule has 0 N–H and O–H groups in total. The summed E-state index contributed by atoms with van der Waals surface area (Å²) < 4.78 is 0. The summed E-state index contributed by atoms with van der Waals surface area (Å²) in [6.07, 6.45) is 4.41. The Balaban J connectivity index is 1.50. The monoisotopic (exact) mass is 320 g/mol. The third-order valence-electron chi connectivity index (χ3n) is 4.55. The molecule has 1 saturated heterocycles. The maximum Gasteiger partial charge on any atom is 0.251 e. The van der Waals surface area contributed by atoms with Crippen molar-refractivity contribution in [1.82, 2.24) is 9.96 Å². The van der Waals surface area contributed by atoms with E-state index in [1.807, 2.05) is 48.5 Å². The standard InChI is InChI=1S/C20H20N2O2/c23-19(14-16-8-3-1-4-9-16)22-15-21-13-7-12-18(24-22)20(21)17-10-5-2-6-11-17/h1-12,18,20H,13-15H2/t18-,20+/m0/s1. The molecule has 2 aliphatic heterocycles. The summed E-state index contributed by atoms with van der Waals surface area (Å²) in [6.45, 7) is 1.32. The first kappa shape index (κ1) is 15.1. The van der Waals surface area contributed by atoms with E-state index in [1.54, 1.807) is 0 Å². The molecule has 2 heterocycles. The number of rotatable bonds is 3. The van der Waals surface area contributed by atoms with E-state index in [1.165, 1.54) is 10.6 Å². The van der Waals surface area contributed by atoms with Crippen LogP contribution in [-0.2, 0) is 16.1 Å². The van der Waals surface area contributed by atoms with Crippen molar-refractivity contribution in [1.29, 1.82) is 0 Å². The molecule has 0 saturated carbocycles. The molecule has 1 amide bonds. The lowest BCUT2D eigenvalue weighted by Gasteiger charge is -2.46. The van der Waals surface area contributed by atoms with Crippen molar-refractivity contribution in [3.8, 4) is 0 Å². The molecule has 0 aromatic heterocycles. The average Bonchev–Trinajstić information content (AvgIpc) is 2.62. The van der Waals surface area contributed by atoms with Crippen molar-refractivity contribution in [2.75, 3.05) is 13.2 Å². The van der Waals surface area contributed by atoms with Crippen molar-refractivity contribution in [3.63, 3.8) is 0 Å². The van der Waals surface area contributed by atoms with Crippen molar-refractivity contribution < 1.29 is 9.63 Å². The number of carbonyl (C=O) groups excluding carboxylic acids is 1. The topological polar surface area (TPSA) is 32.8 Å². The quantitative estimate of drug-likeness (QED) is 0.815. The van der Waals surface area contributed by atoms with E-state index in [0.717, 1.165) is 12.1 Å². The summed E-state index contributed by atoms with van der Waals surface area (Å²) in [5, 5.41) is 1.51. The first-order chi connectivity index (χ1) is 11.8. The van der Waals surface area contributed by atoms with Gasteiger partial charge in [-0.05, 0) is 11.1 Å². The van der Waals surface area contributed by atoms with Gasteiger partial charge in [0.1, 0.15) is 12.8 Å². The highest BCUT2D eigenvalue weighted by Gasteiger charge is 2.39. The predicted molar refractivity (Wildman–Crippen MR) is 91.8 cm³/mol. The smallest absolute Gasteiger partial charge is 0.251 e. The van der Waals surface area contributed by atoms with Gasteiger partial charge in [-0.25, -0.2) is 5.06 Å². The van der Waals surface area contributed by atoms with Crippen molar-refractivity contribution in [2.24, 2.45) is 0 Å². The molecule has 2 aromatic carbocycles. The Morgan fingerprint density at radius 2 is 1.75 bits per heavy atom. The van der Waals surface area contributed by atoms with Crippen LogP contribution in [0.3, 0.4) is 0 Å². The van der Waals surface area contributed by atoms with Gasteiger partial charge in [0.25, 0.3) is 5.91 Å². The molecule has 1 fully saturated rings. The zero-order valence-electron chi connectivity index (χ0n) is 13.4. The molecule has 122 valence electrons. The zero-order chi connectivity index (χ0) is 16.4. The van der Waals surface area contributed by atoms with E-state index in [2.05, 4.69) is 29.2 Å². The number of carbonyl (C=O) groups is 1. The lowest BCUT2D eigenvalue weighted by molar-refractivity contribution is -0.254. The van der Waals surface area contributed by atoms with Gasteiger partial charge in [-0.2, -0.15) is 0 Å². The molecule has 0 aliphatic carbocycles. The number of amides is 1. The largest absolute Gasteiger partial charge is 0.272 e. The van der Waals surface area contributed by atoms with E-state index in [9.17, 15) is 4.79 Å². The second kappa shape index (κ2) is 6.59. The van der Waals surface area contributed by atoms with Crippen LogP contribution in [0.25, 0.3) is 0 Å². The van der Waals surface area contributed by atoms with Gasteiger partial charge in [-0.1, -0.05) is 72.8 Å². The van der Waals surface area contributed by atoms with Crippen LogP contribution in [0.2, 0.25) is 0 Å². The maximum absolute atomic E-state index is 12.6. The van der Waals surface area contributed by atoms with Gasteiger partial charge in [0.05, 0.1) is 12.5 Å². The number of benzene rings is 2. The Morgan fingerprint density at radius 3 is 2.46 bits per heavy atom. The second-order valence-electron chi connectivity index (χ2n) is 6.20. The second-order valence-corrected chi connectivity index (χ2v) is 6.20. The molecule has 0 spiro atoms. The number of fused-ring (bicyclic) bond motifs is 2. The minimum Gasteiger partial charge on any atom is -0.272 e. The summed E-state index contributed by atoms with van der Waals surface area (Å²) in [4.78, 5) is 20.9. The van der Waals surface area contributed by atoms with Crippen LogP contribution >= 0.6 is 0 Å². The minimum absolute atomic E-state index is 0.00184. The normalized spacial score (nSPS) is 25.5. The van der Waals surface area contributed by atoms with Crippen LogP contribution in [0.1, 0.15) is 17.2 Å². The highest BCUT2D eigenvalue weighted by molar-refractivity contribution is 5.77. The van der Waals surface area contributed by atoms with E-state index >= 15 is 0 Å². The molecule has 4 nitrogen and oxygen atoms in total. The highest BCUT2D eigenvalue weighted by Crippen LogP contribution is 2.34. The highest BCUT2D eigenvalue weighted by atomic mass is 16.7. The van der Waals surface area contributed by atoms with E-state index < -0.39 is 0 Å². The number of nitrogens with zero attached hydrogens (tertiary/aromatic N) is 2. The lowest BCUT2D eigenvalue weighted by atomic mass is 9.96. The van der Waals surface area contributed by atoms with Gasteiger partial charge in [0.2, 0.25) is 0 Å². The molecule has 2 aromatic rings. The minimum atomic E-state index is -0.130. The summed E-state index contributed by atoms with van der Waals surface area (Å²) >= 11 is 0. The van der Waals surface area contributed by atoms with Crippen molar-refractivity contribution >= 4 is 5.91 Å². The molecule has 4 heteroatoms. The van der Waals surface area contributed by atoms with E-state index in [0.29, 0.717) is 13.1 Å². The fourth-order valence-corrected chi connectivity index (χ4v) is 3.39. The maximum atomic E-state index is 12.6. The summed E-state index contributed by atoms with van der Waals surface area (Å²) in [6, 6.07) is 20.3. The van der Waals surface area contributed by atoms with Gasteiger partial charge in [0.15, 0.2) is 0 Å². The predicted octanol–water partition coefficient (Wildman–Crippen LogP) is 2.94. The summed E-state index contributed by atoms with van der Waals surface area (Å²) in [5.41, 5.74) is 2.23. The Kier molecular flexibility index (Phi) is 4.15. The zero-order valence-corrected chi connectivity index (χ0v) is 13.4. The third-order valence-corrected chi connectivity index (χ3v) is 4.55. The molecule has 2 bridgehead atoms. The molecule has 2 aliphatic rings. The Bertz CT molecular complexity index is 730. The fourth-order valence-electron chi connectivity index (χ4n) is 3.39. The summed E-state index contributed by atoms with van der Waals surface area (Å²) in [5.74, 6) is -0.00184. The number of hydrogen-bond acceptors (Lipinski definition) is 3. The molecule has 24 heavy (non-hydrogen) atoms. The fraction of sp³-hybridized carbons (Fsp3) is 0.250. The van der Waals surface area contributed by atoms with Gasteiger partial charge in [-0.15, -0.1) is 0 Å². The molecule has 4 rings (SSSR count). The van der Waals surface area contributed by atoms with Gasteiger partial charge >= 0.3 is 0 Å². The van der Waals surface area contributed by atoms with Crippen molar-refractivity contribution in [3.05, 3.63) is 83.9 Å². The molecule has 1 unspecified atom stereocenters. The SMILES string of the molecule is O=C(Cc1ccccc1)N1CN2CC=C[C@H](O1)[C@H]2c1ccccc1. The Morgan fingerprint density at radius 1 is 1.04 bits per heavy atom. The van der Waals surface area contributed by atoms with E-state index in [-0.39, 0.29) is 18.1 Å². The average molecular weight is 320 g/mol. The van der Waals surface area contributed by atoms with Crippen LogP contribution in [0.4, 0.5) is 0 Å². The van der Waals surface area contributed by atoms with Crippen LogP contribution in [-0.4, -0.2) is 35.2 Å². The summed E-state index contributed by atoms with van der Waals surface area (Å²) in [7, 11) is 0. The molecule has 3 atom stereocenters. The van der Waals surface area contributed by atoms with Gasteiger partial charge in [0, 0.05) is 6.54 Å². The first-order valence-corrected chi connectivity index (χ1v) is 8.28. The Labute approximate surface area is 141 Å². The van der Waals surface area contributed by atoms with E-state index in [4.69, 9.17) is 4.84 Å². The molecular formula is C20H20N2O2. The molecule has 0 radical (unpaired) electrons. The number of hydrogen-bond donors (Lipinski definition) is 0.